The van der Waals surface area contributed by atoms with Gasteiger partial charge in [-0.15, -0.1) is 0 Å². The summed E-state index contributed by atoms with van der Waals surface area (Å²) in [5, 5.41) is 15.4. The summed E-state index contributed by atoms with van der Waals surface area (Å²) in [5.41, 5.74) is 1.14. The zero-order chi connectivity index (χ0) is 12.8. The van der Waals surface area contributed by atoms with Gasteiger partial charge in [0.25, 0.3) is 0 Å². The number of anilines is 1. The molecule has 1 aromatic carbocycles. The fourth-order valence-electron chi connectivity index (χ4n) is 1.45. The molecule has 1 heterocycles. The number of nitriles is 1. The first-order valence-electron chi connectivity index (χ1n) is 5.40. The molecule has 0 bridgehead atoms. The number of hydrogen-bond acceptors (Lipinski definition) is 4. The largest absolute Gasteiger partial charge is 0.326 e. The van der Waals surface area contributed by atoms with E-state index in [0.717, 1.165) is 0 Å². The monoisotopic (exact) mass is 241 g/mol. The van der Waals surface area contributed by atoms with Gasteiger partial charge in [-0.3, -0.25) is 9.48 Å². The van der Waals surface area contributed by atoms with Crippen LogP contribution < -0.4 is 5.32 Å². The summed E-state index contributed by atoms with van der Waals surface area (Å²) in [4.78, 5) is 15.4. The van der Waals surface area contributed by atoms with E-state index in [2.05, 4.69) is 15.4 Å². The lowest BCUT2D eigenvalue weighted by atomic mass is 10.2. The highest BCUT2D eigenvalue weighted by molar-refractivity contribution is 5.90. The van der Waals surface area contributed by atoms with Gasteiger partial charge in [-0.2, -0.15) is 10.4 Å². The summed E-state index contributed by atoms with van der Waals surface area (Å²) in [5.74, 6) is -0.124. The van der Waals surface area contributed by atoms with E-state index < -0.39 is 0 Å². The molecular formula is C12H11N5O. The summed E-state index contributed by atoms with van der Waals surface area (Å²) < 4.78 is 1.59. The van der Waals surface area contributed by atoms with Crippen LogP contribution in [0.25, 0.3) is 0 Å². The van der Waals surface area contributed by atoms with Gasteiger partial charge < -0.3 is 5.32 Å². The second-order valence-corrected chi connectivity index (χ2v) is 3.65. The van der Waals surface area contributed by atoms with Crippen LogP contribution >= 0.6 is 0 Å². The average Bonchev–Trinajstić information content (AvgIpc) is 2.90. The number of rotatable bonds is 4. The third-order valence-corrected chi connectivity index (χ3v) is 2.31. The predicted octanol–water partition coefficient (Wildman–Crippen LogP) is 1.18. The zero-order valence-electron chi connectivity index (χ0n) is 9.58. The molecule has 1 amide bonds. The first kappa shape index (κ1) is 11.8. The molecular weight excluding hydrogens is 230 g/mol. The van der Waals surface area contributed by atoms with Crippen molar-refractivity contribution in [1.82, 2.24) is 14.8 Å². The predicted molar refractivity (Wildman–Crippen MR) is 64.4 cm³/mol. The smallest absolute Gasteiger partial charge is 0.226 e. The molecule has 0 aliphatic rings. The number of amides is 1. The number of aryl methyl sites for hydroxylation is 1. The van der Waals surface area contributed by atoms with E-state index in [1.54, 1.807) is 35.3 Å². The minimum absolute atomic E-state index is 0.124. The average molecular weight is 241 g/mol. The Labute approximate surface area is 104 Å². The number of nitrogens with zero attached hydrogens (tertiary/aromatic N) is 4. The standard InChI is InChI=1S/C12H11N5O/c13-7-10-2-1-3-11(6-10)16-12(18)4-5-17-9-14-8-15-17/h1-3,6,8-9H,4-5H2,(H,16,18). The lowest BCUT2D eigenvalue weighted by Gasteiger charge is -2.05. The highest BCUT2D eigenvalue weighted by atomic mass is 16.1. The summed E-state index contributed by atoms with van der Waals surface area (Å²) in [6.07, 6.45) is 3.29. The summed E-state index contributed by atoms with van der Waals surface area (Å²) in [6.45, 7) is 0.476. The van der Waals surface area contributed by atoms with Crippen molar-refractivity contribution in [2.75, 3.05) is 5.32 Å². The fraction of sp³-hybridized carbons (Fsp3) is 0.167. The van der Waals surface area contributed by atoms with Gasteiger partial charge in [-0.1, -0.05) is 6.07 Å². The summed E-state index contributed by atoms with van der Waals surface area (Å²) >= 11 is 0. The number of aromatic nitrogens is 3. The van der Waals surface area contributed by atoms with E-state index in [1.807, 2.05) is 6.07 Å². The topological polar surface area (TPSA) is 83.6 Å². The molecule has 0 saturated carbocycles. The van der Waals surface area contributed by atoms with E-state index in [9.17, 15) is 4.79 Å². The van der Waals surface area contributed by atoms with Crippen molar-refractivity contribution in [3.05, 3.63) is 42.5 Å². The number of hydrogen-bond donors (Lipinski definition) is 1. The second-order valence-electron chi connectivity index (χ2n) is 3.65. The van der Waals surface area contributed by atoms with Gasteiger partial charge in [0.05, 0.1) is 18.2 Å². The molecule has 0 atom stereocenters. The Kier molecular flexibility index (Phi) is 3.66. The molecule has 0 radical (unpaired) electrons. The van der Waals surface area contributed by atoms with Crippen LogP contribution in [-0.2, 0) is 11.3 Å². The van der Waals surface area contributed by atoms with E-state index in [0.29, 0.717) is 24.2 Å². The zero-order valence-corrected chi connectivity index (χ0v) is 9.58. The molecule has 6 nitrogen and oxygen atoms in total. The van der Waals surface area contributed by atoms with E-state index >= 15 is 0 Å². The van der Waals surface area contributed by atoms with Gasteiger partial charge in [0.15, 0.2) is 0 Å². The Morgan fingerprint density at radius 1 is 1.50 bits per heavy atom. The minimum atomic E-state index is -0.124. The van der Waals surface area contributed by atoms with Crippen molar-refractivity contribution in [3.63, 3.8) is 0 Å². The quantitative estimate of drug-likeness (QED) is 0.871. The van der Waals surface area contributed by atoms with E-state index in [4.69, 9.17) is 5.26 Å². The molecule has 0 spiro atoms. The van der Waals surface area contributed by atoms with Gasteiger partial charge in [0, 0.05) is 12.1 Å². The molecule has 2 aromatic rings. The van der Waals surface area contributed by atoms with Crippen LogP contribution in [0.4, 0.5) is 5.69 Å². The second kappa shape index (κ2) is 5.59. The van der Waals surface area contributed by atoms with Crippen LogP contribution in [0.3, 0.4) is 0 Å². The molecule has 0 aliphatic heterocycles. The first-order chi connectivity index (χ1) is 8.78. The van der Waals surface area contributed by atoms with Gasteiger partial charge >= 0.3 is 0 Å². The maximum Gasteiger partial charge on any atom is 0.226 e. The van der Waals surface area contributed by atoms with Crippen molar-refractivity contribution in [1.29, 1.82) is 5.26 Å². The van der Waals surface area contributed by atoms with Crippen LogP contribution in [-0.4, -0.2) is 20.7 Å². The third kappa shape index (κ3) is 3.15. The molecule has 0 fully saturated rings. The highest BCUT2D eigenvalue weighted by Crippen LogP contribution is 2.10. The minimum Gasteiger partial charge on any atom is -0.326 e. The van der Waals surface area contributed by atoms with Crippen molar-refractivity contribution in [2.45, 2.75) is 13.0 Å². The number of carbonyl (C=O) groups is 1. The van der Waals surface area contributed by atoms with Crippen LogP contribution in [0.1, 0.15) is 12.0 Å². The van der Waals surface area contributed by atoms with Crippen LogP contribution in [0.5, 0.6) is 0 Å². The number of benzene rings is 1. The molecule has 6 heteroatoms. The Morgan fingerprint density at radius 3 is 3.11 bits per heavy atom. The van der Waals surface area contributed by atoms with Crippen LogP contribution in [0.2, 0.25) is 0 Å². The third-order valence-electron chi connectivity index (χ3n) is 2.31. The Hall–Kier alpha value is -2.68. The molecule has 0 aliphatic carbocycles. The normalized spacial score (nSPS) is 9.72. The lowest BCUT2D eigenvalue weighted by Crippen LogP contribution is -2.14. The van der Waals surface area contributed by atoms with Gasteiger partial charge in [0.1, 0.15) is 12.7 Å². The van der Waals surface area contributed by atoms with Crippen molar-refractivity contribution in [3.8, 4) is 6.07 Å². The highest BCUT2D eigenvalue weighted by Gasteiger charge is 2.03. The lowest BCUT2D eigenvalue weighted by molar-refractivity contribution is -0.116. The molecule has 18 heavy (non-hydrogen) atoms. The Bertz CT molecular complexity index is 570. The Morgan fingerprint density at radius 2 is 2.39 bits per heavy atom. The van der Waals surface area contributed by atoms with Crippen molar-refractivity contribution < 1.29 is 4.79 Å². The number of carbonyl (C=O) groups excluding carboxylic acids is 1. The van der Waals surface area contributed by atoms with Gasteiger partial charge in [-0.25, -0.2) is 4.98 Å². The van der Waals surface area contributed by atoms with E-state index in [1.165, 1.54) is 6.33 Å². The van der Waals surface area contributed by atoms with Gasteiger partial charge in [-0.05, 0) is 18.2 Å². The molecule has 0 unspecified atom stereocenters. The molecule has 1 N–H and O–H groups in total. The van der Waals surface area contributed by atoms with E-state index in [-0.39, 0.29) is 5.91 Å². The molecule has 1 aromatic heterocycles. The number of nitrogens with one attached hydrogen (secondary N) is 1. The summed E-state index contributed by atoms with van der Waals surface area (Å²) in [6, 6.07) is 8.81. The fourth-order valence-corrected chi connectivity index (χ4v) is 1.45. The summed E-state index contributed by atoms with van der Waals surface area (Å²) in [7, 11) is 0. The molecule has 0 saturated heterocycles. The van der Waals surface area contributed by atoms with Crippen molar-refractivity contribution >= 4 is 11.6 Å². The molecule has 2 rings (SSSR count). The first-order valence-corrected chi connectivity index (χ1v) is 5.40. The maximum atomic E-state index is 11.7. The SMILES string of the molecule is N#Cc1cccc(NC(=O)CCn2cncn2)c1. The van der Waals surface area contributed by atoms with Crippen molar-refractivity contribution in [2.24, 2.45) is 0 Å². The van der Waals surface area contributed by atoms with Crippen LogP contribution in [0.15, 0.2) is 36.9 Å². The molecule has 90 valence electrons. The maximum absolute atomic E-state index is 11.7. The Balaban J connectivity index is 1.89. The van der Waals surface area contributed by atoms with Crippen LogP contribution in [0, 0.1) is 11.3 Å². The van der Waals surface area contributed by atoms with Gasteiger partial charge in [0.2, 0.25) is 5.91 Å².